The number of rotatable bonds is 15. The van der Waals surface area contributed by atoms with E-state index in [1.165, 1.54) is 0 Å². The van der Waals surface area contributed by atoms with Gasteiger partial charge in [-0.15, -0.1) is 0 Å². The lowest BCUT2D eigenvalue weighted by atomic mass is 9.87. The molecule has 0 fully saturated rings. The highest BCUT2D eigenvalue weighted by Crippen LogP contribution is 2.40. The van der Waals surface area contributed by atoms with Crippen LogP contribution in [0.5, 0.6) is 0 Å². The fraction of sp³-hybridized carbons (Fsp3) is 0.913. The van der Waals surface area contributed by atoms with Gasteiger partial charge in [-0.05, 0) is 43.9 Å². The molecule has 14 heteroatoms. The van der Waals surface area contributed by atoms with Crippen LogP contribution in [0, 0.1) is 11.3 Å². The maximum atomic E-state index is 13.5. The minimum atomic E-state index is -3.96. The summed E-state index contributed by atoms with van der Waals surface area (Å²) in [6.07, 6.45) is -3.77. The van der Waals surface area contributed by atoms with E-state index < -0.39 is 60.4 Å². The third-order valence-corrected chi connectivity index (χ3v) is 11.5. The van der Waals surface area contributed by atoms with E-state index in [0.29, 0.717) is 0 Å². The van der Waals surface area contributed by atoms with Crippen molar-refractivity contribution in [3.63, 3.8) is 0 Å². The van der Waals surface area contributed by atoms with Gasteiger partial charge in [0.15, 0.2) is 14.4 Å². The number of nitrogens with zero attached hydrogens (tertiary/aromatic N) is 3. The highest BCUT2D eigenvalue weighted by molar-refractivity contribution is 7.86. The van der Waals surface area contributed by atoms with Crippen molar-refractivity contribution in [2.75, 3.05) is 18.9 Å². The Labute approximate surface area is 222 Å². The Balaban J connectivity index is 5.91. The molecule has 0 aromatic carbocycles. The molecular formula is C23H45N3O9SSi. The van der Waals surface area contributed by atoms with E-state index in [1.807, 2.05) is 33.9 Å². The van der Waals surface area contributed by atoms with Crippen LogP contribution in [0.25, 0.3) is 10.4 Å². The quantitative estimate of drug-likeness (QED) is 0.0361. The van der Waals surface area contributed by atoms with Crippen LogP contribution in [0.3, 0.4) is 0 Å². The highest BCUT2D eigenvalue weighted by Gasteiger charge is 2.47. The highest BCUT2D eigenvalue weighted by atomic mass is 32.2. The van der Waals surface area contributed by atoms with Gasteiger partial charge in [-0.25, -0.2) is 9.59 Å². The van der Waals surface area contributed by atoms with Gasteiger partial charge in [0, 0.05) is 22.8 Å². The lowest BCUT2D eigenvalue weighted by Gasteiger charge is -2.43. The smallest absolute Gasteiger partial charge is 0.431 e. The summed E-state index contributed by atoms with van der Waals surface area (Å²) in [5, 5.41) is 3.04. The lowest BCUT2D eigenvalue weighted by Crippen LogP contribution is -2.53. The topological polar surface area (TPSA) is 163 Å². The Morgan fingerprint density at radius 3 is 2.03 bits per heavy atom. The first kappa shape index (κ1) is 35.1. The summed E-state index contributed by atoms with van der Waals surface area (Å²) < 4.78 is 52.2. The summed E-state index contributed by atoms with van der Waals surface area (Å²) in [5.41, 5.74) is 7.19. The van der Waals surface area contributed by atoms with Crippen LogP contribution >= 0.6 is 0 Å². The summed E-state index contributed by atoms with van der Waals surface area (Å²) in [6.45, 7) is 19.6. The Morgan fingerprint density at radius 1 is 1.00 bits per heavy atom. The molecular weight excluding hydrogens is 522 g/mol. The van der Waals surface area contributed by atoms with Gasteiger partial charge in [0.05, 0.1) is 18.5 Å². The normalized spacial score (nSPS) is 14.6. The molecule has 0 N–H and O–H groups in total. The molecule has 0 rings (SSSR count). The SMILES string of the molecule is CC(C)OC(=O)OC(OC(=O)[C@H](O[Si](C)(C)C(C)(C)C)C(C)(C)COS(=O)(=O)CCCN=[N+]=[N-])C(C)C. The number of ether oxygens (including phenoxy) is 3. The van der Waals surface area contributed by atoms with Crippen molar-refractivity contribution in [2.45, 2.75) is 105 Å². The van der Waals surface area contributed by atoms with Gasteiger partial charge in [0.1, 0.15) is 0 Å². The minimum absolute atomic E-state index is 0.0156. The van der Waals surface area contributed by atoms with Crippen LogP contribution in [0.4, 0.5) is 4.79 Å². The molecule has 0 aromatic rings. The van der Waals surface area contributed by atoms with Crippen molar-refractivity contribution in [3.05, 3.63) is 10.4 Å². The molecule has 0 aliphatic carbocycles. The molecule has 2 atom stereocenters. The molecule has 0 radical (unpaired) electrons. The van der Waals surface area contributed by atoms with Crippen molar-refractivity contribution >= 4 is 30.6 Å². The third-order valence-electron chi connectivity index (χ3n) is 5.79. The number of hydrogen-bond acceptors (Lipinski definition) is 10. The fourth-order valence-electron chi connectivity index (χ4n) is 2.52. The van der Waals surface area contributed by atoms with E-state index >= 15 is 0 Å². The molecule has 12 nitrogen and oxygen atoms in total. The number of hydrogen-bond donors (Lipinski definition) is 0. The maximum Gasteiger partial charge on any atom is 0.511 e. The van der Waals surface area contributed by atoms with E-state index in [9.17, 15) is 18.0 Å². The number of carbonyl (C=O) groups is 2. The lowest BCUT2D eigenvalue weighted by molar-refractivity contribution is -0.193. The maximum absolute atomic E-state index is 13.5. The summed E-state index contributed by atoms with van der Waals surface area (Å²) >= 11 is 0. The molecule has 0 heterocycles. The number of carbonyl (C=O) groups excluding carboxylic acids is 2. The first-order valence-electron chi connectivity index (χ1n) is 12.3. The van der Waals surface area contributed by atoms with Crippen molar-refractivity contribution < 1.29 is 40.8 Å². The van der Waals surface area contributed by atoms with Gasteiger partial charge in [-0.3, -0.25) is 4.18 Å². The van der Waals surface area contributed by atoms with Crippen LogP contribution in [-0.4, -0.2) is 66.3 Å². The molecule has 0 spiro atoms. The van der Waals surface area contributed by atoms with Crippen LogP contribution in [0.15, 0.2) is 5.11 Å². The van der Waals surface area contributed by atoms with Crippen LogP contribution in [-0.2, 0) is 37.7 Å². The first-order chi connectivity index (χ1) is 16.6. The van der Waals surface area contributed by atoms with Gasteiger partial charge in [-0.2, -0.15) is 8.42 Å². The largest absolute Gasteiger partial charge is 0.511 e. The molecule has 1 unspecified atom stereocenters. The van der Waals surface area contributed by atoms with Crippen LogP contribution < -0.4 is 0 Å². The second-order valence-electron chi connectivity index (χ2n) is 11.7. The third kappa shape index (κ3) is 13.0. The fourth-order valence-corrected chi connectivity index (χ4v) is 4.96. The summed E-state index contributed by atoms with van der Waals surface area (Å²) in [6, 6.07) is 0. The summed E-state index contributed by atoms with van der Waals surface area (Å²) in [5.74, 6) is -1.55. The van der Waals surface area contributed by atoms with Crippen molar-refractivity contribution in [3.8, 4) is 0 Å². The zero-order valence-corrected chi connectivity index (χ0v) is 25.9. The van der Waals surface area contributed by atoms with Gasteiger partial charge < -0.3 is 18.6 Å². The summed E-state index contributed by atoms with van der Waals surface area (Å²) in [7, 11) is -6.52. The molecule has 0 bridgehead atoms. The standard InChI is InChI=1S/C23H45N3O9SSi/c1-16(2)20(34-21(28)32-17(3)4)33-19(27)18(35-37(10,11)22(5,6)7)23(8,9)15-31-36(29,30)14-12-13-25-26-24/h16-18,20H,12-15H2,1-11H3/t18-,20?/m0/s1. The monoisotopic (exact) mass is 567 g/mol. The molecule has 0 aromatic heterocycles. The van der Waals surface area contributed by atoms with Gasteiger partial charge in [-0.1, -0.05) is 53.6 Å². The molecule has 0 aliphatic heterocycles. The Morgan fingerprint density at radius 2 is 1.57 bits per heavy atom. The Bertz CT molecular complexity index is 909. The zero-order chi connectivity index (χ0) is 29.2. The second kappa shape index (κ2) is 14.3. The van der Waals surface area contributed by atoms with Crippen molar-refractivity contribution in [2.24, 2.45) is 16.4 Å². The first-order valence-corrected chi connectivity index (χ1v) is 16.8. The van der Waals surface area contributed by atoms with Crippen molar-refractivity contribution in [1.82, 2.24) is 0 Å². The van der Waals surface area contributed by atoms with E-state index in [2.05, 4.69) is 10.0 Å². The minimum Gasteiger partial charge on any atom is -0.431 e. The van der Waals surface area contributed by atoms with Crippen LogP contribution in [0.2, 0.25) is 18.1 Å². The average Bonchev–Trinajstić information content (AvgIpc) is 2.71. The number of azide groups is 1. The molecule has 216 valence electrons. The molecule has 0 amide bonds. The predicted octanol–water partition coefficient (Wildman–Crippen LogP) is 5.54. The molecule has 37 heavy (non-hydrogen) atoms. The van der Waals surface area contributed by atoms with Crippen molar-refractivity contribution in [1.29, 1.82) is 0 Å². The van der Waals surface area contributed by atoms with Gasteiger partial charge in [0.25, 0.3) is 16.4 Å². The van der Waals surface area contributed by atoms with Gasteiger partial charge in [0.2, 0.25) is 0 Å². The Kier molecular flexibility index (Phi) is 13.6. The van der Waals surface area contributed by atoms with Gasteiger partial charge >= 0.3 is 12.1 Å². The summed E-state index contributed by atoms with van der Waals surface area (Å²) in [4.78, 5) is 28.1. The zero-order valence-electron chi connectivity index (χ0n) is 24.1. The van der Waals surface area contributed by atoms with E-state index in [0.717, 1.165) is 0 Å². The van der Waals surface area contributed by atoms with Crippen LogP contribution in [0.1, 0.15) is 68.7 Å². The molecule has 0 saturated carbocycles. The van der Waals surface area contributed by atoms with E-state index in [-0.39, 0.29) is 30.4 Å². The van der Waals surface area contributed by atoms with E-state index in [1.54, 1.807) is 41.5 Å². The Hall–Kier alpha value is -1.86. The average molecular weight is 568 g/mol. The molecule has 0 aliphatic rings. The second-order valence-corrected chi connectivity index (χ2v) is 18.2. The number of esters is 1. The molecule has 0 saturated heterocycles. The predicted molar refractivity (Wildman–Crippen MR) is 142 cm³/mol. The van der Waals surface area contributed by atoms with E-state index in [4.69, 9.17) is 28.4 Å².